The summed E-state index contributed by atoms with van der Waals surface area (Å²) in [4.78, 5) is 6.75. The highest BCUT2D eigenvalue weighted by Crippen LogP contribution is 2.17. The maximum Gasteiger partial charge on any atom is 0.128 e. The van der Waals surface area contributed by atoms with Gasteiger partial charge >= 0.3 is 0 Å². The van der Waals surface area contributed by atoms with Crippen molar-refractivity contribution in [2.45, 2.75) is 18.9 Å². The molecule has 16 heavy (non-hydrogen) atoms. The lowest BCUT2D eigenvalue weighted by atomic mass is 10.1. The third kappa shape index (κ3) is 2.48. The van der Waals surface area contributed by atoms with Crippen molar-refractivity contribution in [1.29, 1.82) is 0 Å². The quantitative estimate of drug-likeness (QED) is 0.741. The monoisotopic (exact) mass is 237 g/mol. The zero-order valence-corrected chi connectivity index (χ0v) is 9.78. The molecular weight excluding hydrogens is 222 g/mol. The largest absolute Gasteiger partial charge is 0.391 e. The number of nitrogens with zero attached hydrogens (tertiary/aromatic N) is 2. The van der Waals surface area contributed by atoms with Crippen molar-refractivity contribution in [3.05, 3.63) is 23.9 Å². The van der Waals surface area contributed by atoms with Gasteiger partial charge in [-0.3, -0.25) is 0 Å². The van der Waals surface area contributed by atoms with Crippen LogP contribution in [0.4, 0.5) is 5.82 Å². The molecule has 2 heterocycles. The molecule has 5 heteroatoms. The van der Waals surface area contributed by atoms with Gasteiger partial charge in [-0.2, -0.15) is 0 Å². The first kappa shape index (κ1) is 11.3. The molecule has 4 nitrogen and oxygen atoms in total. The average Bonchev–Trinajstić information content (AvgIpc) is 2.29. The lowest BCUT2D eigenvalue weighted by Crippen LogP contribution is -2.38. The number of hydrogen-bond donors (Lipinski definition) is 2. The summed E-state index contributed by atoms with van der Waals surface area (Å²) < 4.78 is 0. The Balaban J connectivity index is 2.11. The fraction of sp³-hybridized carbons (Fsp3) is 0.455. The molecule has 0 saturated carbocycles. The van der Waals surface area contributed by atoms with E-state index in [4.69, 9.17) is 18.0 Å². The highest BCUT2D eigenvalue weighted by Gasteiger charge is 2.18. The summed E-state index contributed by atoms with van der Waals surface area (Å²) >= 11 is 4.86. The number of nitrogens with two attached hydrogens (primary N) is 1. The van der Waals surface area contributed by atoms with Crippen LogP contribution in [0.15, 0.2) is 18.3 Å². The standard InChI is InChI=1S/C11H15N3OS/c12-11(16)8-3-4-10(13-6-8)14-5-1-2-9(15)7-14/h3-4,6,9,15H,1-2,5,7H2,(H2,12,16). The van der Waals surface area contributed by atoms with E-state index >= 15 is 0 Å². The maximum atomic E-state index is 9.57. The van der Waals surface area contributed by atoms with Gasteiger partial charge in [-0.25, -0.2) is 4.98 Å². The van der Waals surface area contributed by atoms with Gasteiger partial charge in [0.2, 0.25) is 0 Å². The zero-order chi connectivity index (χ0) is 11.5. The Morgan fingerprint density at radius 2 is 2.38 bits per heavy atom. The molecule has 0 radical (unpaired) electrons. The molecule has 1 aromatic heterocycles. The van der Waals surface area contributed by atoms with Crippen LogP contribution in [0.25, 0.3) is 0 Å². The minimum atomic E-state index is -0.245. The van der Waals surface area contributed by atoms with Crippen molar-refractivity contribution in [1.82, 2.24) is 4.98 Å². The van der Waals surface area contributed by atoms with E-state index in [1.54, 1.807) is 6.20 Å². The molecule has 0 aromatic carbocycles. The number of aliphatic hydroxyl groups is 1. The average molecular weight is 237 g/mol. The SMILES string of the molecule is NC(=S)c1ccc(N2CCCC(O)C2)nc1. The molecular formula is C11H15N3OS. The number of β-amino-alcohol motifs (C(OH)–C–C–N with tert-alkyl or cyclic N) is 1. The molecule has 0 amide bonds. The molecule has 0 aliphatic carbocycles. The van der Waals surface area contributed by atoms with Crippen LogP contribution < -0.4 is 10.6 Å². The van der Waals surface area contributed by atoms with Gasteiger partial charge in [0.1, 0.15) is 10.8 Å². The van der Waals surface area contributed by atoms with E-state index in [-0.39, 0.29) is 6.10 Å². The smallest absolute Gasteiger partial charge is 0.128 e. The summed E-state index contributed by atoms with van der Waals surface area (Å²) in [5, 5.41) is 9.57. The highest BCUT2D eigenvalue weighted by molar-refractivity contribution is 7.80. The molecule has 1 aliphatic heterocycles. The van der Waals surface area contributed by atoms with Gasteiger partial charge in [0.05, 0.1) is 6.10 Å². The van der Waals surface area contributed by atoms with Gasteiger partial charge in [-0.15, -0.1) is 0 Å². The topological polar surface area (TPSA) is 62.4 Å². The van der Waals surface area contributed by atoms with Crippen molar-refractivity contribution in [2.24, 2.45) is 5.73 Å². The Morgan fingerprint density at radius 1 is 1.56 bits per heavy atom. The molecule has 1 atom stereocenters. The first-order chi connectivity index (χ1) is 7.66. The Morgan fingerprint density at radius 3 is 2.94 bits per heavy atom. The normalized spacial score (nSPS) is 20.8. The van der Waals surface area contributed by atoms with Crippen LogP contribution in [0.2, 0.25) is 0 Å². The Bertz CT molecular complexity index is 379. The second-order valence-electron chi connectivity index (χ2n) is 4.01. The van der Waals surface area contributed by atoms with Crippen LogP contribution >= 0.6 is 12.2 Å². The van der Waals surface area contributed by atoms with Crippen LogP contribution in [-0.2, 0) is 0 Å². The van der Waals surface area contributed by atoms with Crippen molar-refractivity contribution < 1.29 is 5.11 Å². The highest BCUT2D eigenvalue weighted by atomic mass is 32.1. The van der Waals surface area contributed by atoms with E-state index in [2.05, 4.69) is 9.88 Å². The third-order valence-corrected chi connectivity index (χ3v) is 2.99. The van der Waals surface area contributed by atoms with Crippen LogP contribution in [0, 0.1) is 0 Å². The van der Waals surface area contributed by atoms with E-state index in [1.165, 1.54) is 0 Å². The lowest BCUT2D eigenvalue weighted by molar-refractivity contribution is 0.154. The van der Waals surface area contributed by atoms with Crippen LogP contribution in [0.5, 0.6) is 0 Å². The second kappa shape index (κ2) is 4.76. The summed E-state index contributed by atoms with van der Waals surface area (Å²) in [6, 6.07) is 3.76. The third-order valence-electron chi connectivity index (χ3n) is 2.75. The van der Waals surface area contributed by atoms with E-state index < -0.39 is 0 Å². The Kier molecular flexibility index (Phi) is 3.36. The van der Waals surface area contributed by atoms with Gasteiger partial charge in [-0.1, -0.05) is 12.2 Å². The van der Waals surface area contributed by atoms with Crippen LogP contribution in [-0.4, -0.2) is 34.3 Å². The molecule has 3 N–H and O–H groups in total. The molecule has 1 fully saturated rings. The number of aromatic nitrogens is 1. The first-order valence-electron chi connectivity index (χ1n) is 5.35. The van der Waals surface area contributed by atoms with E-state index in [9.17, 15) is 5.11 Å². The Labute approximate surface area is 100 Å². The van der Waals surface area contributed by atoms with Crippen molar-refractivity contribution >= 4 is 23.0 Å². The van der Waals surface area contributed by atoms with E-state index in [0.29, 0.717) is 11.5 Å². The molecule has 2 rings (SSSR count). The van der Waals surface area contributed by atoms with Crippen LogP contribution in [0.1, 0.15) is 18.4 Å². The van der Waals surface area contributed by atoms with Crippen molar-refractivity contribution in [2.75, 3.05) is 18.0 Å². The van der Waals surface area contributed by atoms with E-state index in [0.717, 1.165) is 30.8 Å². The molecule has 0 spiro atoms. The zero-order valence-electron chi connectivity index (χ0n) is 8.97. The number of rotatable bonds is 2. The number of hydrogen-bond acceptors (Lipinski definition) is 4. The lowest BCUT2D eigenvalue weighted by Gasteiger charge is -2.31. The molecule has 1 aliphatic rings. The fourth-order valence-corrected chi connectivity index (χ4v) is 2.00. The number of pyridine rings is 1. The number of piperidine rings is 1. The number of anilines is 1. The minimum absolute atomic E-state index is 0.245. The summed E-state index contributed by atoms with van der Waals surface area (Å²) in [7, 11) is 0. The molecule has 86 valence electrons. The van der Waals surface area contributed by atoms with Gasteiger partial charge in [0, 0.05) is 24.8 Å². The van der Waals surface area contributed by atoms with Gasteiger partial charge in [0.15, 0.2) is 0 Å². The fourth-order valence-electron chi connectivity index (χ4n) is 1.88. The number of thiocarbonyl (C=S) groups is 1. The molecule has 1 aromatic rings. The molecule has 1 saturated heterocycles. The van der Waals surface area contributed by atoms with Gasteiger partial charge < -0.3 is 15.7 Å². The predicted molar refractivity (Wildman–Crippen MR) is 67.6 cm³/mol. The second-order valence-corrected chi connectivity index (χ2v) is 4.45. The predicted octanol–water partition coefficient (Wildman–Crippen LogP) is 0.677. The summed E-state index contributed by atoms with van der Waals surface area (Å²) in [6.07, 6.45) is 3.31. The minimum Gasteiger partial charge on any atom is -0.391 e. The first-order valence-corrected chi connectivity index (χ1v) is 5.76. The summed E-state index contributed by atoms with van der Waals surface area (Å²) in [5.74, 6) is 0.874. The number of aliphatic hydroxyl groups excluding tert-OH is 1. The summed E-state index contributed by atoms with van der Waals surface area (Å²) in [5.41, 5.74) is 6.28. The van der Waals surface area contributed by atoms with Gasteiger partial charge in [0.25, 0.3) is 0 Å². The van der Waals surface area contributed by atoms with Crippen molar-refractivity contribution in [3.8, 4) is 0 Å². The molecule has 1 unspecified atom stereocenters. The summed E-state index contributed by atoms with van der Waals surface area (Å²) in [6.45, 7) is 1.59. The van der Waals surface area contributed by atoms with Crippen molar-refractivity contribution in [3.63, 3.8) is 0 Å². The van der Waals surface area contributed by atoms with Gasteiger partial charge in [-0.05, 0) is 25.0 Å². The van der Waals surface area contributed by atoms with E-state index in [1.807, 2.05) is 12.1 Å². The maximum absolute atomic E-state index is 9.57. The molecule has 0 bridgehead atoms. The Hall–Kier alpha value is -1.20. The van der Waals surface area contributed by atoms with Crippen LogP contribution in [0.3, 0.4) is 0 Å².